The van der Waals surface area contributed by atoms with Gasteiger partial charge in [0.15, 0.2) is 5.65 Å². The Hall–Kier alpha value is -3.43. The maximum absolute atomic E-state index is 12.8. The van der Waals surface area contributed by atoms with Crippen LogP contribution in [0, 0.1) is 0 Å². The second-order valence-corrected chi connectivity index (χ2v) is 5.93. The third kappa shape index (κ3) is 2.60. The number of aryl methyl sites for hydroxylation is 1. The molecule has 10 heteroatoms. The van der Waals surface area contributed by atoms with Crippen LogP contribution >= 0.6 is 0 Å². The fourth-order valence-electron chi connectivity index (χ4n) is 3.04. The Kier molecular flexibility index (Phi) is 3.65. The van der Waals surface area contributed by atoms with Gasteiger partial charge >= 0.3 is 6.18 Å². The summed E-state index contributed by atoms with van der Waals surface area (Å²) in [5.41, 5.74) is 1.71. The Morgan fingerprint density at radius 2 is 1.96 bits per heavy atom. The topological polar surface area (TPSA) is 77.6 Å². The number of pyridine rings is 1. The Labute approximate surface area is 150 Å². The first-order chi connectivity index (χ1) is 12.8. The molecule has 0 saturated carbocycles. The van der Waals surface area contributed by atoms with Crippen molar-refractivity contribution >= 4 is 28.0 Å². The molecular weight excluding hydrogens is 361 g/mol. The van der Waals surface area contributed by atoms with E-state index >= 15 is 0 Å². The fraction of sp³-hybridized carbons (Fsp3) is 0.176. The highest BCUT2D eigenvalue weighted by Crippen LogP contribution is 2.32. The first-order valence-corrected chi connectivity index (χ1v) is 7.91. The first-order valence-electron chi connectivity index (χ1n) is 7.91. The molecule has 0 spiro atoms. The number of nitrogens with zero attached hydrogens (tertiary/aromatic N) is 5. The van der Waals surface area contributed by atoms with E-state index in [4.69, 9.17) is 0 Å². The molecule has 1 N–H and O–H groups in total. The number of carbonyl (C=O) groups excluding carboxylic acids is 1. The highest BCUT2D eigenvalue weighted by molar-refractivity contribution is 6.08. The second kappa shape index (κ2) is 5.79. The highest BCUT2D eigenvalue weighted by Gasteiger charge is 2.32. The van der Waals surface area contributed by atoms with Gasteiger partial charge in [-0.25, -0.2) is 9.67 Å². The van der Waals surface area contributed by atoms with E-state index in [-0.39, 0.29) is 5.91 Å². The SMILES string of the molecule is CNC(=O)c1ccc2c(c1)c1nnn(C)c1n2-c1ccc(C(F)(F)F)nc1. The van der Waals surface area contributed by atoms with E-state index in [2.05, 4.69) is 20.6 Å². The number of benzene rings is 1. The molecule has 0 bridgehead atoms. The van der Waals surface area contributed by atoms with Crippen molar-refractivity contribution < 1.29 is 18.0 Å². The number of hydrogen-bond donors (Lipinski definition) is 1. The fourth-order valence-corrected chi connectivity index (χ4v) is 3.04. The third-order valence-electron chi connectivity index (χ3n) is 4.29. The van der Waals surface area contributed by atoms with Crippen molar-refractivity contribution in [3.05, 3.63) is 47.8 Å². The van der Waals surface area contributed by atoms with Crippen LogP contribution in [0.5, 0.6) is 0 Å². The smallest absolute Gasteiger partial charge is 0.355 e. The molecular formula is C17H13F3N6O. The van der Waals surface area contributed by atoms with Crippen LogP contribution in [0.25, 0.3) is 27.8 Å². The van der Waals surface area contributed by atoms with E-state index in [1.807, 2.05) is 0 Å². The molecule has 0 radical (unpaired) electrons. The van der Waals surface area contributed by atoms with Crippen molar-refractivity contribution in [3.8, 4) is 5.69 Å². The average Bonchev–Trinajstić information content (AvgIpc) is 3.18. The van der Waals surface area contributed by atoms with Gasteiger partial charge in [-0.1, -0.05) is 5.21 Å². The number of fused-ring (bicyclic) bond motifs is 3. The molecule has 0 fully saturated rings. The summed E-state index contributed by atoms with van der Waals surface area (Å²) in [4.78, 5) is 15.5. The monoisotopic (exact) mass is 374 g/mol. The summed E-state index contributed by atoms with van der Waals surface area (Å²) in [5, 5.41) is 11.3. The van der Waals surface area contributed by atoms with Crippen molar-refractivity contribution in [2.75, 3.05) is 7.05 Å². The molecule has 27 heavy (non-hydrogen) atoms. The molecule has 0 atom stereocenters. The van der Waals surface area contributed by atoms with Crippen LogP contribution < -0.4 is 5.32 Å². The van der Waals surface area contributed by atoms with Crippen LogP contribution in [0.2, 0.25) is 0 Å². The maximum atomic E-state index is 12.8. The van der Waals surface area contributed by atoms with Gasteiger partial charge in [0.05, 0.1) is 17.4 Å². The lowest BCUT2D eigenvalue weighted by atomic mass is 10.1. The molecule has 4 rings (SSSR count). The number of aromatic nitrogens is 5. The molecule has 138 valence electrons. The van der Waals surface area contributed by atoms with Gasteiger partial charge in [0.25, 0.3) is 5.91 Å². The lowest BCUT2D eigenvalue weighted by Crippen LogP contribution is -2.17. The molecule has 0 aliphatic rings. The Morgan fingerprint density at radius 3 is 2.59 bits per heavy atom. The van der Waals surface area contributed by atoms with Gasteiger partial charge in [0.1, 0.15) is 11.2 Å². The van der Waals surface area contributed by atoms with E-state index in [1.54, 1.807) is 29.8 Å². The third-order valence-corrected chi connectivity index (χ3v) is 4.29. The van der Waals surface area contributed by atoms with E-state index < -0.39 is 11.9 Å². The lowest BCUT2D eigenvalue weighted by Gasteiger charge is -2.10. The minimum atomic E-state index is -4.51. The Bertz CT molecular complexity index is 1170. The molecule has 0 aliphatic heterocycles. The molecule has 0 saturated heterocycles. The van der Waals surface area contributed by atoms with Crippen molar-refractivity contribution in [3.63, 3.8) is 0 Å². The molecule has 7 nitrogen and oxygen atoms in total. The minimum Gasteiger partial charge on any atom is -0.355 e. The van der Waals surface area contributed by atoms with Crippen molar-refractivity contribution in [2.24, 2.45) is 7.05 Å². The number of halogens is 3. The maximum Gasteiger partial charge on any atom is 0.433 e. The summed E-state index contributed by atoms with van der Waals surface area (Å²) in [5.74, 6) is -0.252. The number of amides is 1. The molecule has 1 amide bonds. The number of carbonyl (C=O) groups is 1. The zero-order valence-corrected chi connectivity index (χ0v) is 14.2. The first kappa shape index (κ1) is 17.0. The van der Waals surface area contributed by atoms with Crippen LogP contribution in [0.15, 0.2) is 36.5 Å². The summed E-state index contributed by atoms with van der Waals surface area (Å²) >= 11 is 0. The van der Waals surface area contributed by atoms with Crippen molar-refractivity contribution in [1.29, 1.82) is 0 Å². The van der Waals surface area contributed by atoms with E-state index in [1.165, 1.54) is 17.8 Å². The molecule has 3 aromatic heterocycles. The second-order valence-electron chi connectivity index (χ2n) is 5.93. The normalized spacial score (nSPS) is 12.0. The van der Waals surface area contributed by atoms with E-state index in [9.17, 15) is 18.0 Å². The summed E-state index contributed by atoms with van der Waals surface area (Å²) in [6.45, 7) is 0. The molecule has 3 heterocycles. The highest BCUT2D eigenvalue weighted by atomic mass is 19.4. The molecule has 0 unspecified atom stereocenters. The van der Waals surface area contributed by atoms with Crippen LogP contribution in [0.4, 0.5) is 13.2 Å². The standard InChI is InChI=1S/C17H13F3N6O/c1-21-15(27)9-3-5-12-11(7-9)14-16(25(2)24-23-14)26(12)10-4-6-13(22-8-10)17(18,19)20/h3-8H,1-2H3,(H,21,27). The largest absolute Gasteiger partial charge is 0.433 e. The van der Waals surface area contributed by atoms with Crippen molar-refractivity contribution in [1.82, 2.24) is 29.9 Å². The van der Waals surface area contributed by atoms with Gasteiger partial charge in [0.2, 0.25) is 0 Å². The van der Waals surface area contributed by atoms with Gasteiger partial charge in [-0.2, -0.15) is 13.2 Å². The van der Waals surface area contributed by atoms with Gasteiger partial charge in [-0.05, 0) is 30.3 Å². The van der Waals surface area contributed by atoms with Crippen LogP contribution in [0.1, 0.15) is 16.1 Å². The number of hydrogen-bond acceptors (Lipinski definition) is 4. The predicted octanol–water partition coefficient (Wildman–Crippen LogP) is 2.69. The minimum absolute atomic E-state index is 0.252. The summed E-state index contributed by atoms with van der Waals surface area (Å²) < 4.78 is 41.6. The average molecular weight is 374 g/mol. The summed E-state index contributed by atoms with van der Waals surface area (Å²) in [6.07, 6.45) is -3.36. The zero-order chi connectivity index (χ0) is 19.3. The predicted molar refractivity (Wildman–Crippen MR) is 91.5 cm³/mol. The van der Waals surface area contributed by atoms with Gasteiger partial charge < -0.3 is 5.32 Å². The lowest BCUT2D eigenvalue weighted by molar-refractivity contribution is -0.141. The molecule has 1 aromatic carbocycles. The summed E-state index contributed by atoms with van der Waals surface area (Å²) in [7, 11) is 3.21. The van der Waals surface area contributed by atoms with Crippen LogP contribution in [0.3, 0.4) is 0 Å². The Morgan fingerprint density at radius 1 is 1.19 bits per heavy atom. The van der Waals surface area contributed by atoms with Crippen molar-refractivity contribution in [2.45, 2.75) is 6.18 Å². The van der Waals surface area contributed by atoms with Crippen LogP contribution in [-0.4, -0.2) is 37.5 Å². The van der Waals surface area contributed by atoms with E-state index in [0.717, 1.165) is 12.3 Å². The zero-order valence-electron chi connectivity index (χ0n) is 14.2. The van der Waals surface area contributed by atoms with Gasteiger partial charge in [-0.3, -0.25) is 9.36 Å². The summed E-state index contributed by atoms with van der Waals surface area (Å²) in [6, 6.07) is 7.31. The van der Waals surface area contributed by atoms with Gasteiger partial charge in [-0.15, -0.1) is 5.10 Å². The quantitative estimate of drug-likeness (QED) is 0.585. The van der Waals surface area contributed by atoms with E-state index in [0.29, 0.717) is 33.3 Å². The van der Waals surface area contributed by atoms with Gasteiger partial charge in [0, 0.05) is 25.0 Å². The molecule has 4 aromatic rings. The number of rotatable bonds is 2. The van der Waals surface area contributed by atoms with Crippen LogP contribution in [-0.2, 0) is 13.2 Å². The molecule has 0 aliphatic carbocycles. The number of nitrogens with one attached hydrogen (secondary N) is 1. The Balaban J connectivity index is 1.98. The number of alkyl halides is 3.